The first kappa shape index (κ1) is 81.8. The van der Waals surface area contributed by atoms with Gasteiger partial charge in [-0.15, -0.1) is 0 Å². The number of hydrogen-bond donors (Lipinski definition) is 0. The Bertz CT molecular complexity index is 1550. The Balaban J connectivity index is 4.82. The van der Waals surface area contributed by atoms with Crippen LogP contribution in [0, 0.1) is 5.92 Å². The monoisotopic (exact) mass is 1210 g/mol. The number of carbonyl (C=O) groups is 6. The smallest absolute Gasteiger partial charge is 0.306 e. The van der Waals surface area contributed by atoms with Gasteiger partial charge in [0.1, 0.15) is 24.4 Å². The lowest BCUT2D eigenvalue weighted by molar-refractivity contribution is -0.154. The van der Waals surface area contributed by atoms with E-state index in [4.69, 9.17) is 28.4 Å². The van der Waals surface area contributed by atoms with Crippen LogP contribution in [0.15, 0.2) is 0 Å². The molecule has 85 heavy (non-hydrogen) atoms. The lowest BCUT2D eigenvalue weighted by Crippen LogP contribution is -2.23. The van der Waals surface area contributed by atoms with Crippen molar-refractivity contribution in [2.24, 2.45) is 5.92 Å². The molecule has 0 rings (SSSR count). The standard InChI is InChI=1S/C73H136O12/c1-8-15-21-27-41-52-69(75)82-64(47-35-20-13-6)56-57-67(85-72(78)55-44-30-24-18-11-4)50-39-34-33-36-46-63(14-7)62-73(79)81-61-45-60-80-68(74)51-40-32-26-31-38-49-66(84-71(77)54-43-29-23-17-10-3)59-58-65(48-37-25-19-12-5)83-70(76)53-42-28-22-16-9-2/h63-67H,8-62H2,1-7H3. The maximum absolute atomic E-state index is 13.0. The molecule has 12 nitrogen and oxygen atoms in total. The minimum atomic E-state index is -0.224. The van der Waals surface area contributed by atoms with Crippen molar-refractivity contribution in [3.05, 3.63) is 0 Å². The second-order valence-electron chi connectivity index (χ2n) is 25.2. The third kappa shape index (κ3) is 55.8. The van der Waals surface area contributed by atoms with Crippen molar-refractivity contribution >= 4 is 35.8 Å². The molecule has 0 N–H and O–H groups in total. The van der Waals surface area contributed by atoms with Gasteiger partial charge in [-0.1, -0.05) is 228 Å². The summed E-state index contributed by atoms with van der Waals surface area (Å²) in [7, 11) is 0. The van der Waals surface area contributed by atoms with E-state index < -0.39 is 0 Å². The summed E-state index contributed by atoms with van der Waals surface area (Å²) >= 11 is 0. The summed E-state index contributed by atoms with van der Waals surface area (Å²) in [5, 5.41) is 0. The second kappa shape index (κ2) is 62.4. The lowest BCUT2D eigenvalue weighted by Gasteiger charge is -2.23. The molecule has 0 saturated heterocycles. The van der Waals surface area contributed by atoms with Gasteiger partial charge in [0.2, 0.25) is 0 Å². The molecular formula is C73H136O12. The number of unbranched alkanes of at least 4 members (excludes halogenated alkanes) is 28. The van der Waals surface area contributed by atoms with Gasteiger partial charge in [-0.2, -0.15) is 0 Å². The largest absolute Gasteiger partial charge is 0.466 e. The zero-order chi connectivity index (χ0) is 62.5. The number of carbonyl (C=O) groups excluding carboxylic acids is 6. The molecule has 0 amide bonds. The highest BCUT2D eigenvalue weighted by Crippen LogP contribution is 2.25. The van der Waals surface area contributed by atoms with Crippen LogP contribution in [0.3, 0.4) is 0 Å². The Hall–Kier alpha value is -3.18. The van der Waals surface area contributed by atoms with Gasteiger partial charge in [-0.05, 0) is 121 Å². The fourth-order valence-corrected chi connectivity index (χ4v) is 11.3. The molecule has 0 radical (unpaired) electrons. The number of rotatable bonds is 65. The molecule has 0 fully saturated rings. The van der Waals surface area contributed by atoms with Gasteiger partial charge < -0.3 is 28.4 Å². The van der Waals surface area contributed by atoms with Crippen LogP contribution in [-0.4, -0.2) is 73.4 Å². The van der Waals surface area contributed by atoms with Crippen molar-refractivity contribution in [2.45, 2.75) is 413 Å². The Morgan fingerprint density at radius 3 is 0.788 bits per heavy atom. The molecule has 0 saturated carbocycles. The summed E-state index contributed by atoms with van der Waals surface area (Å²) in [5.74, 6) is -0.591. The van der Waals surface area contributed by atoms with Crippen LogP contribution in [0.2, 0.25) is 0 Å². The van der Waals surface area contributed by atoms with Crippen LogP contribution in [-0.2, 0) is 57.2 Å². The minimum Gasteiger partial charge on any atom is -0.466 e. The van der Waals surface area contributed by atoms with Crippen LogP contribution in [0.5, 0.6) is 0 Å². The predicted octanol–water partition coefficient (Wildman–Crippen LogP) is 21.2. The van der Waals surface area contributed by atoms with Gasteiger partial charge in [-0.25, -0.2) is 0 Å². The highest BCUT2D eigenvalue weighted by atomic mass is 16.6. The fourth-order valence-electron chi connectivity index (χ4n) is 11.3. The molecule has 5 atom stereocenters. The van der Waals surface area contributed by atoms with E-state index in [9.17, 15) is 28.8 Å². The minimum absolute atomic E-state index is 0.0946. The van der Waals surface area contributed by atoms with E-state index in [0.29, 0.717) is 64.2 Å². The molecule has 500 valence electrons. The quantitative estimate of drug-likeness (QED) is 0.0323. The molecule has 0 aromatic rings. The van der Waals surface area contributed by atoms with Gasteiger partial charge in [-0.3, -0.25) is 28.8 Å². The van der Waals surface area contributed by atoms with E-state index in [1.165, 1.54) is 57.8 Å². The maximum Gasteiger partial charge on any atom is 0.306 e. The molecule has 0 heterocycles. The maximum atomic E-state index is 13.0. The molecule has 0 spiro atoms. The average molecular weight is 1210 g/mol. The average Bonchev–Trinajstić information content (AvgIpc) is 3.49. The summed E-state index contributed by atoms with van der Waals surface area (Å²) in [5.41, 5.74) is 0. The summed E-state index contributed by atoms with van der Waals surface area (Å²) in [6.07, 6.45) is 48.6. The molecule has 0 bridgehead atoms. The fraction of sp³-hybridized carbons (Fsp3) is 0.918. The SMILES string of the molecule is CCCCCCCC(=O)OC(CCCCC)CCC(CCCCCCC(CC)CC(=O)OCCCOC(=O)CCCCCCCC(CCC(CCCCCC)OC(=O)CCCCCCC)OC(=O)CCCCCCC)OC(=O)CCCCCCC. The number of ether oxygens (including phenoxy) is 6. The van der Waals surface area contributed by atoms with Crippen LogP contribution in [0.25, 0.3) is 0 Å². The Kier molecular flexibility index (Phi) is 60.1. The van der Waals surface area contributed by atoms with Crippen molar-refractivity contribution in [1.82, 2.24) is 0 Å². The van der Waals surface area contributed by atoms with E-state index in [0.717, 1.165) is 218 Å². The van der Waals surface area contributed by atoms with Crippen molar-refractivity contribution in [1.29, 1.82) is 0 Å². The Morgan fingerprint density at radius 2 is 0.471 bits per heavy atom. The van der Waals surface area contributed by atoms with E-state index in [2.05, 4.69) is 48.5 Å². The van der Waals surface area contributed by atoms with Gasteiger partial charge in [0.15, 0.2) is 0 Å². The van der Waals surface area contributed by atoms with E-state index >= 15 is 0 Å². The highest BCUT2D eigenvalue weighted by molar-refractivity contribution is 5.71. The molecule has 0 aliphatic carbocycles. The summed E-state index contributed by atoms with van der Waals surface area (Å²) in [6, 6.07) is 0. The van der Waals surface area contributed by atoms with Gasteiger partial charge in [0.05, 0.1) is 13.2 Å². The van der Waals surface area contributed by atoms with Crippen molar-refractivity contribution in [2.75, 3.05) is 13.2 Å². The molecule has 0 aliphatic rings. The first-order valence-corrected chi connectivity index (χ1v) is 36.5. The molecule has 12 heteroatoms. The third-order valence-corrected chi connectivity index (χ3v) is 16.9. The molecule has 0 aromatic carbocycles. The van der Waals surface area contributed by atoms with Crippen molar-refractivity contribution in [3.63, 3.8) is 0 Å². The van der Waals surface area contributed by atoms with Crippen LogP contribution >= 0.6 is 0 Å². The van der Waals surface area contributed by atoms with Gasteiger partial charge in [0.25, 0.3) is 0 Å². The predicted molar refractivity (Wildman–Crippen MR) is 349 cm³/mol. The van der Waals surface area contributed by atoms with Crippen LogP contribution in [0.1, 0.15) is 389 Å². The third-order valence-electron chi connectivity index (χ3n) is 16.9. The van der Waals surface area contributed by atoms with E-state index in [-0.39, 0.29) is 79.4 Å². The lowest BCUT2D eigenvalue weighted by atomic mass is 9.94. The molecule has 5 unspecified atom stereocenters. The Morgan fingerprint density at radius 1 is 0.235 bits per heavy atom. The first-order chi connectivity index (χ1) is 41.4. The van der Waals surface area contributed by atoms with Crippen LogP contribution < -0.4 is 0 Å². The molecular weight excluding hydrogens is 1070 g/mol. The van der Waals surface area contributed by atoms with Gasteiger partial charge >= 0.3 is 35.8 Å². The van der Waals surface area contributed by atoms with Crippen molar-refractivity contribution in [3.8, 4) is 0 Å². The summed E-state index contributed by atoms with van der Waals surface area (Å²) in [6.45, 7) is 15.7. The van der Waals surface area contributed by atoms with Crippen molar-refractivity contribution < 1.29 is 57.2 Å². The number of hydrogen-bond acceptors (Lipinski definition) is 12. The number of esters is 6. The van der Waals surface area contributed by atoms with Crippen LogP contribution in [0.4, 0.5) is 0 Å². The normalized spacial score (nSPS) is 13.2. The summed E-state index contributed by atoms with van der Waals surface area (Å²) < 4.78 is 35.4. The van der Waals surface area contributed by atoms with E-state index in [1.54, 1.807) is 0 Å². The Labute approximate surface area is 523 Å². The van der Waals surface area contributed by atoms with Gasteiger partial charge in [0, 0.05) is 44.9 Å². The topological polar surface area (TPSA) is 158 Å². The molecule has 0 aliphatic heterocycles. The highest BCUT2D eigenvalue weighted by Gasteiger charge is 2.23. The zero-order valence-electron chi connectivity index (χ0n) is 56.7. The molecule has 0 aromatic heterocycles. The second-order valence-corrected chi connectivity index (χ2v) is 25.2. The zero-order valence-corrected chi connectivity index (χ0v) is 56.7. The summed E-state index contributed by atoms with van der Waals surface area (Å²) in [4.78, 5) is 77.1. The van der Waals surface area contributed by atoms with E-state index in [1.807, 2.05) is 0 Å². The first-order valence-electron chi connectivity index (χ1n) is 36.5.